The lowest BCUT2D eigenvalue weighted by Gasteiger charge is -2.08. The van der Waals surface area contributed by atoms with E-state index in [-0.39, 0.29) is 19.0 Å². The van der Waals surface area contributed by atoms with Gasteiger partial charge in [-0.2, -0.15) is 0 Å². The number of aromatic nitrogens is 4. The summed E-state index contributed by atoms with van der Waals surface area (Å²) < 4.78 is 13.0. The maximum atomic E-state index is 12.1. The van der Waals surface area contributed by atoms with Crippen LogP contribution in [0.2, 0.25) is 0 Å². The Hall–Kier alpha value is -3.74. The van der Waals surface area contributed by atoms with E-state index < -0.39 is 0 Å². The van der Waals surface area contributed by atoms with E-state index in [1.165, 1.54) is 0 Å². The molecule has 7 heteroatoms. The minimum atomic E-state index is -0.271. The van der Waals surface area contributed by atoms with Crippen molar-refractivity contribution in [3.8, 4) is 11.5 Å². The molecule has 0 aliphatic heterocycles. The SMILES string of the molecule is O=C(CCCc1nnc(-c2ccccc2)o1)OCc1nccn1Cc1ccccc1. The number of hydrogen-bond acceptors (Lipinski definition) is 6. The molecule has 30 heavy (non-hydrogen) atoms. The highest BCUT2D eigenvalue weighted by molar-refractivity contribution is 5.69. The first-order chi connectivity index (χ1) is 14.8. The van der Waals surface area contributed by atoms with E-state index in [0.29, 0.717) is 31.2 Å². The predicted octanol–water partition coefficient (Wildman–Crippen LogP) is 4.05. The Bertz CT molecular complexity index is 1070. The number of ether oxygens (including phenoxy) is 1. The number of carbonyl (C=O) groups is 1. The molecule has 4 rings (SSSR count). The van der Waals surface area contributed by atoms with Crippen LogP contribution in [-0.2, 0) is 29.1 Å². The number of rotatable bonds is 9. The Labute approximate surface area is 174 Å². The normalized spacial score (nSPS) is 10.8. The molecule has 0 unspecified atom stereocenters. The van der Waals surface area contributed by atoms with Gasteiger partial charge in [-0.1, -0.05) is 48.5 Å². The zero-order chi connectivity index (χ0) is 20.6. The quantitative estimate of drug-likeness (QED) is 0.393. The predicted molar refractivity (Wildman–Crippen MR) is 110 cm³/mol. The van der Waals surface area contributed by atoms with Gasteiger partial charge in [-0.3, -0.25) is 4.79 Å². The van der Waals surface area contributed by atoms with E-state index in [1.54, 1.807) is 6.20 Å². The van der Waals surface area contributed by atoms with Crippen LogP contribution in [-0.4, -0.2) is 25.7 Å². The molecule has 0 aliphatic rings. The lowest BCUT2D eigenvalue weighted by Crippen LogP contribution is -2.10. The second-order valence-electron chi connectivity index (χ2n) is 6.84. The molecular weight excluding hydrogens is 380 g/mol. The summed E-state index contributed by atoms with van der Waals surface area (Å²) in [5.41, 5.74) is 2.04. The Balaban J connectivity index is 1.22. The monoisotopic (exact) mass is 402 g/mol. The van der Waals surface area contributed by atoms with E-state index in [0.717, 1.165) is 17.0 Å². The lowest BCUT2D eigenvalue weighted by atomic mass is 10.2. The zero-order valence-corrected chi connectivity index (χ0v) is 16.5. The Morgan fingerprint density at radius 2 is 1.77 bits per heavy atom. The van der Waals surface area contributed by atoms with Crippen molar-refractivity contribution in [3.05, 3.63) is 90.3 Å². The van der Waals surface area contributed by atoms with Gasteiger partial charge in [-0.05, 0) is 24.1 Å². The minimum absolute atomic E-state index is 0.150. The minimum Gasteiger partial charge on any atom is -0.458 e. The fourth-order valence-corrected chi connectivity index (χ4v) is 3.06. The maximum Gasteiger partial charge on any atom is 0.306 e. The van der Waals surface area contributed by atoms with Crippen LogP contribution in [0.3, 0.4) is 0 Å². The van der Waals surface area contributed by atoms with Gasteiger partial charge in [0, 0.05) is 37.3 Å². The maximum absolute atomic E-state index is 12.1. The summed E-state index contributed by atoms with van der Waals surface area (Å²) in [4.78, 5) is 16.4. The van der Waals surface area contributed by atoms with E-state index in [4.69, 9.17) is 9.15 Å². The molecule has 0 amide bonds. The average molecular weight is 402 g/mol. The molecule has 152 valence electrons. The van der Waals surface area contributed by atoms with E-state index in [9.17, 15) is 4.79 Å². The number of nitrogens with zero attached hydrogens (tertiary/aromatic N) is 4. The first-order valence-electron chi connectivity index (χ1n) is 9.85. The van der Waals surface area contributed by atoms with Crippen LogP contribution in [0, 0.1) is 0 Å². The lowest BCUT2D eigenvalue weighted by molar-refractivity contribution is -0.145. The average Bonchev–Trinajstić information content (AvgIpc) is 3.43. The first-order valence-corrected chi connectivity index (χ1v) is 9.85. The van der Waals surface area contributed by atoms with Gasteiger partial charge < -0.3 is 13.7 Å². The Morgan fingerprint density at radius 1 is 1.00 bits per heavy atom. The van der Waals surface area contributed by atoms with Crippen LogP contribution in [0.15, 0.2) is 77.5 Å². The largest absolute Gasteiger partial charge is 0.458 e. The van der Waals surface area contributed by atoms with Crippen molar-refractivity contribution >= 4 is 5.97 Å². The molecule has 2 heterocycles. The van der Waals surface area contributed by atoms with Crippen LogP contribution in [0.1, 0.15) is 30.1 Å². The third-order valence-electron chi connectivity index (χ3n) is 4.62. The number of hydrogen-bond donors (Lipinski definition) is 0. The van der Waals surface area contributed by atoms with Crippen molar-refractivity contribution in [3.63, 3.8) is 0 Å². The summed E-state index contributed by atoms with van der Waals surface area (Å²) in [7, 11) is 0. The van der Waals surface area contributed by atoms with Crippen LogP contribution >= 0.6 is 0 Å². The number of aryl methyl sites for hydroxylation is 1. The molecule has 7 nitrogen and oxygen atoms in total. The Kier molecular flexibility index (Phi) is 6.29. The third-order valence-corrected chi connectivity index (χ3v) is 4.62. The van der Waals surface area contributed by atoms with Gasteiger partial charge in [-0.25, -0.2) is 4.98 Å². The number of carbonyl (C=O) groups excluding carboxylic acids is 1. The van der Waals surface area contributed by atoms with Gasteiger partial charge in [0.05, 0.1) is 0 Å². The molecule has 0 aliphatic carbocycles. The van der Waals surface area contributed by atoms with E-state index in [2.05, 4.69) is 27.3 Å². The molecule has 2 aromatic heterocycles. The van der Waals surface area contributed by atoms with Crippen molar-refractivity contribution in [2.75, 3.05) is 0 Å². The van der Waals surface area contributed by atoms with Gasteiger partial charge in [0.1, 0.15) is 12.4 Å². The molecule has 0 atom stereocenters. The summed E-state index contributed by atoms with van der Waals surface area (Å²) >= 11 is 0. The third kappa shape index (κ3) is 5.20. The number of benzene rings is 2. The Morgan fingerprint density at radius 3 is 2.57 bits per heavy atom. The molecule has 0 saturated heterocycles. The van der Waals surface area contributed by atoms with E-state index in [1.807, 2.05) is 59.3 Å². The van der Waals surface area contributed by atoms with Crippen LogP contribution in [0.4, 0.5) is 0 Å². The molecule has 0 spiro atoms. The van der Waals surface area contributed by atoms with Crippen molar-refractivity contribution in [2.24, 2.45) is 0 Å². The summed E-state index contributed by atoms with van der Waals surface area (Å²) in [5, 5.41) is 8.10. The van der Waals surface area contributed by atoms with Gasteiger partial charge in [0.2, 0.25) is 11.8 Å². The van der Waals surface area contributed by atoms with Gasteiger partial charge in [0.15, 0.2) is 0 Å². The highest BCUT2D eigenvalue weighted by atomic mass is 16.5. The van der Waals surface area contributed by atoms with Crippen molar-refractivity contribution in [2.45, 2.75) is 32.4 Å². The summed E-state index contributed by atoms with van der Waals surface area (Å²) in [5.74, 6) is 1.45. The molecule has 4 aromatic rings. The first kappa shape index (κ1) is 19.6. The fourth-order valence-electron chi connectivity index (χ4n) is 3.06. The molecule has 0 N–H and O–H groups in total. The van der Waals surface area contributed by atoms with Crippen LogP contribution in [0.25, 0.3) is 11.5 Å². The highest BCUT2D eigenvalue weighted by Crippen LogP contribution is 2.17. The fraction of sp³-hybridized carbons (Fsp3) is 0.217. The van der Waals surface area contributed by atoms with Crippen molar-refractivity contribution < 1.29 is 13.9 Å². The summed E-state index contributed by atoms with van der Waals surface area (Å²) in [6.45, 7) is 0.839. The van der Waals surface area contributed by atoms with Crippen LogP contribution in [0.5, 0.6) is 0 Å². The van der Waals surface area contributed by atoms with Crippen molar-refractivity contribution in [1.82, 2.24) is 19.7 Å². The zero-order valence-electron chi connectivity index (χ0n) is 16.5. The summed E-state index contributed by atoms with van der Waals surface area (Å²) in [6.07, 6.45) is 4.98. The van der Waals surface area contributed by atoms with Gasteiger partial charge >= 0.3 is 5.97 Å². The molecule has 2 aromatic carbocycles. The second-order valence-corrected chi connectivity index (χ2v) is 6.84. The second kappa shape index (κ2) is 9.65. The molecule has 0 fully saturated rings. The smallest absolute Gasteiger partial charge is 0.306 e. The molecule has 0 bridgehead atoms. The number of imidazole rings is 1. The molecular formula is C23H22N4O3. The van der Waals surface area contributed by atoms with Gasteiger partial charge in [0.25, 0.3) is 0 Å². The van der Waals surface area contributed by atoms with Crippen molar-refractivity contribution in [1.29, 1.82) is 0 Å². The highest BCUT2D eigenvalue weighted by Gasteiger charge is 2.11. The molecule has 0 radical (unpaired) electrons. The molecule has 0 saturated carbocycles. The summed E-state index contributed by atoms with van der Waals surface area (Å²) in [6, 6.07) is 19.7. The topological polar surface area (TPSA) is 83.0 Å². The standard InChI is InChI=1S/C23H22N4O3/c28-22(13-7-12-21-25-26-23(30-21)19-10-5-2-6-11-19)29-17-20-24-14-15-27(20)16-18-8-3-1-4-9-18/h1-6,8-11,14-15H,7,12-13,16-17H2. The van der Waals surface area contributed by atoms with E-state index >= 15 is 0 Å². The van der Waals surface area contributed by atoms with Gasteiger partial charge in [-0.15, -0.1) is 10.2 Å². The number of esters is 1. The van der Waals surface area contributed by atoms with Crippen LogP contribution < -0.4 is 0 Å².